The number of nitrogens with one attached hydrogen (secondary N) is 2. The number of nitrogens with zero attached hydrogens (tertiary/aromatic N) is 6. The zero-order valence-electron chi connectivity index (χ0n) is 23.3. The average Bonchev–Trinajstić information content (AvgIpc) is 3.63. The fraction of sp³-hybridized carbons (Fsp3) is 0.333. The Morgan fingerprint density at radius 2 is 1.91 bits per heavy atom. The van der Waals surface area contributed by atoms with Crippen molar-refractivity contribution in [3.8, 4) is 11.3 Å². The molecule has 18 heteroatoms. The zero-order chi connectivity index (χ0) is 32.0. The number of halogens is 4. The topological polar surface area (TPSA) is 190 Å². The summed E-state index contributed by atoms with van der Waals surface area (Å²) in [6.07, 6.45) is 1.07. The molecule has 0 spiro atoms. The lowest BCUT2D eigenvalue weighted by atomic mass is 9.85. The summed E-state index contributed by atoms with van der Waals surface area (Å²) in [6, 6.07) is 4.67. The van der Waals surface area contributed by atoms with Crippen LogP contribution in [0.3, 0.4) is 0 Å². The largest absolute Gasteiger partial charge is 0.437 e. The van der Waals surface area contributed by atoms with Gasteiger partial charge in [-0.05, 0) is 31.0 Å². The summed E-state index contributed by atoms with van der Waals surface area (Å²) in [5, 5.41) is 8.67. The zero-order valence-corrected chi connectivity index (χ0v) is 24.0. The second-order valence-electron chi connectivity index (χ2n) is 10.7. The Hall–Kier alpha value is -4.74. The van der Waals surface area contributed by atoms with Crippen LogP contribution in [0.25, 0.3) is 16.9 Å². The number of ether oxygens (including phenoxy) is 1. The second-order valence-corrected chi connectivity index (χ2v) is 11.1. The number of esters is 1. The molecule has 4 aromatic rings. The van der Waals surface area contributed by atoms with E-state index < -0.39 is 35.9 Å². The maximum Gasteiger partial charge on any atom is 0.433 e. The predicted octanol–water partition coefficient (Wildman–Crippen LogP) is 2.14. The normalized spacial score (nSPS) is 20.6. The van der Waals surface area contributed by atoms with Crippen molar-refractivity contribution in [3.05, 3.63) is 59.3 Å². The first kappa shape index (κ1) is 30.3. The summed E-state index contributed by atoms with van der Waals surface area (Å²) >= 11 is 6.53. The van der Waals surface area contributed by atoms with Gasteiger partial charge in [0.25, 0.3) is 5.91 Å². The Morgan fingerprint density at radius 1 is 1.13 bits per heavy atom. The fourth-order valence-corrected chi connectivity index (χ4v) is 5.79. The lowest BCUT2D eigenvalue weighted by Crippen LogP contribution is -2.63. The molecule has 1 saturated heterocycles. The number of primary amides is 1. The molecule has 1 aliphatic carbocycles. The van der Waals surface area contributed by atoms with E-state index in [1.54, 1.807) is 6.07 Å². The maximum atomic E-state index is 13.5. The van der Waals surface area contributed by atoms with Gasteiger partial charge >= 0.3 is 18.1 Å². The lowest BCUT2D eigenvalue weighted by molar-refractivity contribution is -0.174. The Balaban J connectivity index is 1.19. The molecule has 0 bridgehead atoms. The van der Waals surface area contributed by atoms with E-state index in [2.05, 4.69) is 20.4 Å². The number of alkyl halides is 3. The van der Waals surface area contributed by atoms with E-state index in [1.165, 1.54) is 40.0 Å². The molecular weight excluding hydrogens is 621 g/mol. The first-order chi connectivity index (χ1) is 21.4. The molecule has 1 aromatic carbocycles. The van der Waals surface area contributed by atoms with Crippen LogP contribution in [0.5, 0.6) is 0 Å². The number of fused-ring (bicyclic) bond motifs is 1. The number of carbonyl (C=O) groups is 3. The molecule has 2 aliphatic rings. The average molecular weight is 647 g/mol. The maximum absolute atomic E-state index is 13.5. The number of nitrogens with two attached hydrogens (primary N) is 2. The Labute approximate surface area is 257 Å². The van der Waals surface area contributed by atoms with Crippen molar-refractivity contribution in [2.24, 2.45) is 11.5 Å². The number of hydrogen-bond donors (Lipinski definition) is 4. The van der Waals surface area contributed by atoms with Gasteiger partial charge < -0.3 is 26.4 Å². The van der Waals surface area contributed by atoms with E-state index in [9.17, 15) is 27.6 Å². The first-order valence-corrected chi connectivity index (χ1v) is 14.1. The number of piperazine rings is 1. The minimum absolute atomic E-state index is 0.0131. The highest BCUT2D eigenvalue weighted by Crippen LogP contribution is 2.36. The van der Waals surface area contributed by atoms with Crippen LogP contribution in [0.15, 0.2) is 43.0 Å². The predicted molar refractivity (Wildman–Crippen MR) is 153 cm³/mol. The number of anilines is 2. The van der Waals surface area contributed by atoms with Crippen molar-refractivity contribution >= 4 is 46.5 Å². The molecule has 1 aliphatic heterocycles. The number of amides is 2. The third kappa shape index (κ3) is 5.88. The molecule has 1 unspecified atom stereocenters. The monoisotopic (exact) mass is 646 g/mol. The number of H-pyrrole nitrogens is 1. The molecular formula is C27H26ClF3N10O4. The highest BCUT2D eigenvalue weighted by Gasteiger charge is 2.41. The Morgan fingerprint density at radius 3 is 2.60 bits per heavy atom. The Kier molecular flexibility index (Phi) is 7.84. The van der Waals surface area contributed by atoms with Crippen LogP contribution in [-0.4, -0.2) is 90.1 Å². The van der Waals surface area contributed by atoms with E-state index in [0.717, 1.165) is 6.20 Å². The van der Waals surface area contributed by atoms with Crippen molar-refractivity contribution in [3.63, 3.8) is 0 Å². The molecule has 45 heavy (non-hydrogen) atoms. The molecule has 1 atom stereocenters. The van der Waals surface area contributed by atoms with Gasteiger partial charge in [-0.1, -0.05) is 11.6 Å². The van der Waals surface area contributed by atoms with Crippen molar-refractivity contribution in [1.82, 2.24) is 34.4 Å². The molecule has 0 radical (unpaired) electrons. The second kappa shape index (κ2) is 11.6. The highest BCUT2D eigenvalue weighted by molar-refractivity contribution is 6.34. The number of imidazole rings is 1. The van der Waals surface area contributed by atoms with Gasteiger partial charge in [0.1, 0.15) is 5.69 Å². The van der Waals surface area contributed by atoms with Gasteiger partial charge in [-0.15, -0.1) is 0 Å². The molecule has 2 amide bonds. The number of aromatic nitrogens is 5. The van der Waals surface area contributed by atoms with Crippen molar-refractivity contribution in [2.45, 2.75) is 37.3 Å². The summed E-state index contributed by atoms with van der Waals surface area (Å²) in [6.45, 7) is 0.676. The van der Waals surface area contributed by atoms with Gasteiger partial charge in [-0.3, -0.25) is 24.0 Å². The van der Waals surface area contributed by atoms with E-state index in [1.807, 2.05) is 10.00 Å². The minimum Gasteiger partial charge on any atom is -0.437 e. The highest BCUT2D eigenvalue weighted by atomic mass is 35.5. The number of carbonyl (C=O) groups excluding carboxylic acids is 3. The molecule has 6 rings (SSSR count). The van der Waals surface area contributed by atoms with Crippen LogP contribution in [-0.2, 0) is 20.5 Å². The lowest BCUT2D eigenvalue weighted by Gasteiger charge is -2.48. The van der Waals surface area contributed by atoms with E-state index in [4.69, 9.17) is 27.8 Å². The summed E-state index contributed by atoms with van der Waals surface area (Å²) in [7, 11) is 0. The van der Waals surface area contributed by atoms with Crippen LogP contribution in [0.4, 0.5) is 24.7 Å². The third-order valence-corrected chi connectivity index (χ3v) is 8.13. The smallest absolute Gasteiger partial charge is 0.433 e. The van der Waals surface area contributed by atoms with Gasteiger partial charge in [0.15, 0.2) is 17.7 Å². The molecule has 236 valence electrons. The molecule has 14 nitrogen and oxygen atoms in total. The summed E-state index contributed by atoms with van der Waals surface area (Å²) in [5.74, 6) is -2.63. The van der Waals surface area contributed by atoms with Crippen LogP contribution < -0.4 is 16.8 Å². The summed E-state index contributed by atoms with van der Waals surface area (Å²) in [4.78, 5) is 48.7. The van der Waals surface area contributed by atoms with Gasteiger partial charge in [0.05, 0.1) is 40.8 Å². The van der Waals surface area contributed by atoms with Gasteiger partial charge in [0, 0.05) is 43.3 Å². The van der Waals surface area contributed by atoms with Gasteiger partial charge in [-0.25, -0.2) is 14.8 Å². The van der Waals surface area contributed by atoms with Crippen molar-refractivity contribution in [1.29, 1.82) is 0 Å². The summed E-state index contributed by atoms with van der Waals surface area (Å²) in [5.41, 5.74) is 10.8. The SMILES string of the molecule is NC(=O)C(=O)OC1CN(C(=O)c2ccc(Nc3nccn4c(-c5cn[nH]c5C(F)(F)F)cnc34)cc2Cl)CCN1C1CC(N)C1. The molecule has 1 saturated carbocycles. The van der Waals surface area contributed by atoms with Crippen LogP contribution >= 0.6 is 11.6 Å². The summed E-state index contributed by atoms with van der Waals surface area (Å²) < 4.78 is 47.1. The minimum atomic E-state index is -4.65. The van der Waals surface area contributed by atoms with Crippen molar-refractivity contribution in [2.75, 3.05) is 25.0 Å². The number of rotatable bonds is 6. The third-order valence-electron chi connectivity index (χ3n) is 7.81. The number of benzene rings is 1. The number of hydrogen-bond acceptors (Lipinski definition) is 10. The van der Waals surface area contributed by atoms with Crippen LogP contribution in [0, 0.1) is 0 Å². The molecule has 4 heterocycles. The van der Waals surface area contributed by atoms with E-state index in [-0.39, 0.29) is 51.9 Å². The molecule has 6 N–H and O–H groups in total. The van der Waals surface area contributed by atoms with E-state index in [0.29, 0.717) is 31.6 Å². The van der Waals surface area contributed by atoms with E-state index >= 15 is 0 Å². The standard InChI is InChI=1S/C27H26ClF3N10O4/c28-18-9-14(37-23-24-35-11-19(41(24)4-3-34-23)17-10-36-38-21(17)27(29,30)31)1-2-16(18)25(43)39-5-6-40(15-7-13(32)8-15)20(12-39)45-26(44)22(33)42/h1-4,9-11,13,15,20H,5-8,12,32H2,(H2,33,42)(H,34,37)(H,36,38). The van der Waals surface area contributed by atoms with Crippen molar-refractivity contribution < 1.29 is 32.3 Å². The molecule has 2 fully saturated rings. The van der Waals surface area contributed by atoms with Crippen LogP contribution in [0.2, 0.25) is 5.02 Å². The first-order valence-electron chi connectivity index (χ1n) is 13.7. The van der Waals surface area contributed by atoms with Gasteiger partial charge in [-0.2, -0.15) is 18.3 Å². The Bertz CT molecular complexity index is 1790. The molecule has 3 aromatic heterocycles. The van der Waals surface area contributed by atoms with Gasteiger partial charge in [0.2, 0.25) is 0 Å². The van der Waals surface area contributed by atoms with Crippen LogP contribution in [0.1, 0.15) is 28.9 Å². The fourth-order valence-electron chi connectivity index (χ4n) is 5.53. The number of aromatic amines is 1. The quantitative estimate of drug-likeness (QED) is 0.178.